The molecular weight excluding hydrogens is 605 g/mol. The van der Waals surface area contributed by atoms with E-state index in [0.717, 1.165) is 24.3 Å². The van der Waals surface area contributed by atoms with E-state index in [2.05, 4.69) is 14.7 Å². The van der Waals surface area contributed by atoms with Gasteiger partial charge >= 0.3 is 5.97 Å². The van der Waals surface area contributed by atoms with Crippen molar-refractivity contribution < 1.29 is 32.2 Å². The van der Waals surface area contributed by atoms with Crippen LogP contribution in [0.1, 0.15) is 6.92 Å². The van der Waals surface area contributed by atoms with Crippen LogP contribution in [-0.2, 0) is 14.8 Å². The largest absolute Gasteiger partial charge is 0.485 e. The van der Waals surface area contributed by atoms with Gasteiger partial charge in [0.1, 0.15) is 28.7 Å². The van der Waals surface area contributed by atoms with Gasteiger partial charge in [-0.05, 0) is 57.4 Å². The summed E-state index contributed by atoms with van der Waals surface area (Å²) >= 11 is 5.95. The lowest BCUT2D eigenvalue weighted by Gasteiger charge is -2.14. The molecule has 0 amide bonds. The Morgan fingerprint density at radius 2 is 1.91 bits per heavy atom. The molecule has 0 aliphatic rings. The van der Waals surface area contributed by atoms with Crippen molar-refractivity contribution in [2.75, 3.05) is 39.1 Å². The lowest BCUT2D eigenvalue weighted by Crippen LogP contribution is -2.23. The normalized spacial score (nSPS) is 11.3. The van der Waals surface area contributed by atoms with E-state index < -0.39 is 21.8 Å². The monoisotopic (exact) mass is 633 g/mol. The number of aromatic nitrogens is 3. The number of anilines is 1. The number of methoxy groups -OCH3 is 1. The maximum atomic E-state index is 13.4. The number of carbonyl (C=O) groups is 1. The summed E-state index contributed by atoms with van der Waals surface area (Å²) in [6, 6.07) is 7.81. The molecule has 0 unspecified atom stereocenters. The maximum absolute atomic E-state index is 13.4. The Morgan fingerprint density at radius 1 is 1.16 bits per heavy atom. The highest BCUT2D eigenvalue weighted by molar-refractivity contribution is 7.92. The van der Waals surface area contributed by atoms with Crippen molar-refractivity contribution in [3.05, 3.63) is 88.3 Å². The number of carboxylic acid groups (broad SMARTS) is 1. The van der Waals surface area contributed by atoms with Crippen LogP contribution in [0.2, 0.25) is 5.02 Å². The first kappa shape index (κ1) is 33.0. The zero-order chi connectivity index (χ0) is 31.7. The molecule has 3 heterocycles. The molecule has 0 saturated heterocycles. The minimum atomic E-state index is -4.21. The molecule has 4 aromatic rings. The van der Waals surface area contributed by atoms with Gasteiger partial charge in [-0.25, -0.2) is 27.6 Å². The Kier molecular flexibility index (Phi) is 11.2. The van der Waals surface area contributed by atoms with E-state index in [4.69, 9.17) is 26.2 Å². The molecule has 0 radical (unpaired) electrons. The van der Waals surface area contributed by atoms with Gasteiger partial charge in [0, 0.05) is 36.1 Å². The summed E-state index contributed by atoms with van der Waals surface area (Å²) < 4.78 is 53.9. The second-order valence-corrected chi connectivity index (χ2v) is 11.1. The predicted molar refractivity (Wildman–Crippen MR) is 160 cm³/mol. The molecule has 2 N–H and O–H groups in total. The van der Waals surface area contributed by atoms with Crippen LogP contribution in [0.4, 0.5) is 10.1 Å². The highest BCUT2D eigenvalue weighted by Gasteiger charge is 2.21. The number of ether oxygens (including phenoxy) is 2. The van der Waals surface area contributed by atoms with E-state index in [9.17, 15) is 22.4 Å². The number of hydrogen-bond donors (Lipinski definition) is 2. The summed E-state index contributed by atoms with van der Waals surface area (Å²) in [5.41, 5.74) is 1.07. The molecule has 0 bridgehead atoms. The van der Waals surface area contributed by atoms with Crippen LogP contribution in [0, 0.1) is 5.82 Å². The number of likely N-dealkylation sites (N-methyl/N-ethyl adjacent to an activating group) is 1. The standard InChI is InChI=1S/C24H23ClFN5O5S.C4H6O2/c1-30(2)8-9-36-20-13-27-22-7-4-15(14-31(22)24(20)32)16-10-19(23(35-3)28-12-16)29-37(33,34)21-6-5-17(26)11-18(21)25;1-2-3-4(5)6/h4-7,10-14,29H,8-9H2,1-3H3;2-3H,1H3,(H,5,6)/b;3-2-. The number of rotatable bonds is 10. The van der Waals surface area contributed by atoms with Crippen LogP contribution in [0.3, 0.4) is 0 Å². The molecule has 12 nitrogen and oxygen atoms in total. The molecule has 0 spiro atoms. The van der Waals surface area contributed by atoms with Gasteiger partial charge in [0.05, 0.1) is 18.3 Å². The SMILES string of the molecule is C/C=C\C(=O)O.COc1ncc(-c2ccc3ncc(OCCN(C)C)c(=O)n3c2)cc1NS(=O)(=O)c1ccc(F)cc1Cl. The van der Waals surface area contributed by atoms with Crippen molar-refractivity contribution in [1.82, 2.24) is 19.3 Å². The van der Waals surface area contributed by atoms with Gasteiger partial charge in [-0.1, -0.05) is 17.7 Å². The van der Waals surface area contributed by atoms with Crippen molar-refractivity contribution in [1.29, 1.82) is 0 Å². The molecule has 228 valence electrons. The van der Waals surface area contributed by atoms with Crippen molar-refractivity contribution in [3.63, 3.8) is 0 Å². The van der Waals surface area contributed by atoms with Gasteiger partial charge in [0.15, 0.2) is 0 Å². The van der Waals surface area contributed by atoms with Crippen LogP contribution in [-0.4, -0.2) is 73.1 Å². The molecule has 0 fully saturated rings. The Morgan fingerprint density at radius 3 is 2.51 bits per heavy atom. The fourth-order valence-electron chi connectivity index (χ4n) is 3.55. The molecule has 0 atom stereocenters. The first-order valence-corrected chi connectivity index (χ1v) is 14.4. The predicted octanol–water partition coefficient (Wildman–Crippen LogP) is 3.95. The number of halogens is 2. The topological polar surface area (TPSA) is 152 Å². The summed E-state index contributed by atoms with van der Waals surface area (Å²) in [4.78, 5) is 32.6. The first-order chi connectivity index (χ1) is 20.4. The summed E-state index contributed by atoms with van der Waals surface area (Å²) in [6.45, 7) is 2.61. The number of allylic oxidation sites excluding steroid dienone is 1. The first-order valence-electron chi connectivity index (χ1n) is 12.5. The summed E-state index contributed by atoms with van der Waals surface area (Å²) in [5, 5.41) is 7.55. The third-order valence-corrected chi connectivity index (χ3v) is 7.43. The van der Waals surface area contributed by atoms with E-state index in [-0.39, 0.29) is 32.8 Å². The van der Waals surface area contributed by atoms with Gasteiger partial charge in [-0.2, -0.15) is 0 Å². The molecule has 0 aliphatic heterocycles. The smallest absolute Gasteiger partial charge is 0.327 e. The molecule has 15 heteroatoms. The van der Waals surface area contributed by atoms with E-state index >= 15 is 0 Å². The van der Waals surface area contributed by atoms with Crippen LogP contribution < -0.4 is 19.8 Å². The molecule has 0 saturated carbocycles. The molecule has 3 aromatic heterocycles. The summed E-state index contributed by atoms with van der Waals surface area (Å²) in [6.07, 6.45) is 6.97. The van der Waals surface area contributed by atoms with E-state index in [1.165, 1.54) is 36.0 Å². The van der Waals surface area contributed by atoms with Crippen molar-refractivity contribution >= 4 is 38.9 Å². The average Bonchev–Trinajstić information content (AvgIpc) is 2.94. The molecule has 0 aliphatic carbocycles. The Hall–Kier alpha value is -4.53. The van der Waals surface area contributed by atoms with Gasteiger partial charge < -0.3 is 19.5 Å². The lowest BCUT2D eigenvalue weighted by atomic mass is 10.1. The van der Waals surface area contributed by atoms with Gasteiger partial charge in [0.2, 0.25) is 11.6 Å². The number of carboxylic acids is 1. The highest BCUT2D eigenvalue weighted by Crippen LogP contribution is 2.31. The lowest BCUT2D eigenvalue weighted by molar-refractivity contribution is -0.131. The molecule has 43 heavy (non-hydrogen) atoms. The van der Waals surface area contributed by atoms with E-state index in [1.807, 2.05) is 19.0 Å². The number of aliphatic carboxylic acids is 1. The summed E-state index contributed by atoms with van der Waals surface area (Å²) in [7, 11) is 0.920. The number of sulfonamides is 1. The van der Waals surface area contributed by atoms with Crippen molar-refractivity contribution in [2.45, 2.75) is 11.8 Å². The van der Waals surface area contributed by atoms with Crippen LogP contribution >= 0.6 is 11.6 Å². The molecule has 4 rings (SSSR count). The van der Waals surface area contributed by atoms with E-state index in [0.29, 0.717) is 29.9 Å². The van der Waals surface area contributed by atoms with Crippen molar-refractivity contribution in [3.8, 4) is 22.8 Å². The third kappa shape index (κ3) is 8.73. The quantitative estimate of drug-likeness (QED) is 0.246. The van der Waals surface area contributed by atoms with Gasteiger partial charge in [-0.15, -0.1) is 0 Å². The second kappa shape index (κ2) is 14.6. The average molecular weight is 634 g/mol. The summed E-state index contributed by atoms with van der Waals surface area (Å²) in [5.74, 6) is -1.45. The second-order valence-electron chi connectivity index (χ2n) is 9.02. The van der Waals surface area contributed by atoms with Crippen LogP contribution in [0.15, 0.2) is 76.8 Å². The zero-order valence-electron chi connectivity index (χ0n) is 23.6. The Bertz CT molecular complexity index is 1810. The minimum absolute atomic E-state index is 0.00163. The number of benzene rings is 1. The van der Waals surface area contributed by atoms with Crippen molar-refractivity contribution in [2.24, 2.45) is 0 Å². The van der Waals surface area contributed by atoms with E-state index in [1.54, 1.807) is 25.3 Å². The Labute approximate surface area is 252 Å². The fraction of sp³-hybridized carbons (Fsp3) is 0.214. The minimum Gasteiger partial charge on any atom is -0.485 e. The third-order valence-electron chi connectivity index (χ3n) is 5.58. The van der Waals surface area contributed by atoms with Gasteiger partial charge in [-0.3, -0.25) is 13.9 Å². The molecule has 1 aromatic carbocycles. The highest BCUT2D eigenvalue weighted by atomic mass is 35.5. The zero-order valence-corrected chi connectivity index (χ0v) is 25.2. The fourth-order valence-corrected chi connectivity index (χ4v) is 5.13. The number of fused-ring (bicyclic) bond motifs is 1. The van der Waals surface area contributed by atoms with Crippen LogP contribution in [0.25, 0.3) is 16.8 Å². The number of nitrogens with one attached hydrogen (secondary N) is 1. The number of nitrogens with zero attached hydrogens (tertiary/aromatic N) is 4. The number of hydrogen-bond acceptors (Lipinski definition) is 9. The maximum Gasteiger partial charge on any atom is 0.327 e. The molecular formula is C28H29ClFN5O7S. The van der Waals surface area contributed by atoms with Gasteiger partial charge in [0.25, 0.3) is 15.6 Å². The van der Waals surface area contributed by atoms with Crippen LogP contribution in [0.5, 0.6) is 11.6 Å². The number of pyridine rings is 2. The Balaban J connectivity index is 0.000000765.